The van der Waals surface area contributed by atoms with E-state index >= 15 is 0 Å². The molecule has 28 heavy (non-hydrogen) atoms. The van der Waals surface area contributed by atoms with E-state index in [4.69, 9.17) is 4.74 Å². The molecule has 1 N–H and O–H groups in total. The molecule has 0 bridgehead atoms. The summed E-state index contributed by atoms with van der Waals surface area (Å²) in [6, 6.07) is 0. The molecule has 4 heterocycles. The van der Waals surface area contributed by atoms with Crippen LogP contribution in [0.4, 0.5) is 5.13 Å². The molecule has 148 valence electrons. The number of rotatable bonds is 5. The summed E-state index contributed by atoms with van der Waals surface area (Å²) in [4.78, 5) is 38.0. The van der Waals surface area contributed by atoms with Gasteiger partial charge in [-0.2, -0.15) is 0 Å². The Morgan fingerprint density at radius 3 is 2.89 bits per heavy atom. The zero-order valence-electron chi connectivity index (χ0n) is 15.7. The second-order valence-corrected chi connectivity index (χ2v) is 8.78. The number of nitrogens with zero attached hydrogens (tertiary/aromatic N) is 4. The van der Waals surface area contributed by atoms with Gasteiger partial charge in [-0.25, -0.2) is 9.97 Å². The van der Waals surface area contributed by atoms with Gasteiger partial charge in [0.25, 0.3) is 5.56 Å². The number of hydrogen-bond donors (Lipinski definition) is 1. The second kappa shape index (κ2) is 8.08. The second-order valence-electron chi connectivity index (χ2n) is 6.72. The van der Waals surface area contributed by atoms with Crippen LogP contribution in [0.25, 0.3) is 10.2 Å². The number of morpholine rings is 1. The molecular weight excluding hydrogens is 398 g/mol. The van der Waals surface area contributed by atoms with E-state index in [1.165, 1.54) is 33.6 Å². The maximum atomic E-state index is 12.7. The molecule has 3 aromatic heterocycles. The van der Waals surface area contributed by atoms with Gasteiger partial charge >= 0.3 is 0 Å². The predicted octanol–water partition coefficient (Wildman–Crippen LogP) is 2.00. The molecule has 1 amide bonds. The van der Waals surface area contributed by atoms with Crippen LogP contribution in [0.3, 0.4) is 0 Å². The number of fused-ring (bicyclic) bond motifs is 1. The lowest BCUT2D eigenvalue weighted by atomic mass is 10.2. The summed E-state index contributed by atoms with van der Waals surface area (Å²) in [5.41, 5.74) is 1.67. The molecule has 1 aliphatic heterocycles. The average molecular weight is 420 g/mol. The minimum atomic E-state index is -0.292. The highest BCUT2D eigenvalue weighted by Crippen LogP contribution is 2.25. The fourth-order valence-corrected chi connectivity index (χ4v) is 4.83. The zero-order valence-corrected chi connectivity index (χ0v) is 17.4. The minimum Gasteiger partial charge on any atom is -0.379 e. The van der Waals surface area contributed by atoms with Crippen molar-refractivity contribution in [3.63, 3.8) is 0 Å². The first-order chi connectivity index (χ1) is 13.5. The highest BCUT2D eigenvalue weighted by Gasteiger charge is 2.16. The van der Waals surface area contributed by atoms with Crippen molar-refractivity contribution in [2.24, 2.45) is 0 Å². The Morgan fingerprint density at radius 2 is 2.11 bits per heavy atom. The number of aromatic nitrogens is 3. The number of nitrogens with one attached hydrogen (secondary N) is 1. The quantitative estimate of drug-likeness (QED) is 0.680. The van der Waals surface area contributed by atoms with Crippen LogP contribution in [0.2, 0.25) is 0 Å². The molecule has 0 aliphatic carbocycles. The standard InChI is InChI=1S/C18H21N5O3S2/c1-11-12(2)28-16-15(11)17(25)23(10-19-16)8-14(24)21-18-20-13(9-27-18)7-22-3-5-26-6-4-22/h9-10H,3-8H2,1-2H3,(H,20,21,24). The Morgan fingerprint density at radius 1 is 1.32 bits per heavy atom. The third-order valence-electron chi connectivity index (χ3n) is 4.76. The van der Waals surface area contributed by atoms with Gasteiger partial charge in [-0.05, 0) is 19.4 Å². The minimum absolute atomic E-state index is 0.0888. The zero-order chi connectivity index (χ0) is 19.7. The molecule has 0 atom stereocenters. The first kappa shape index (κ1) is 19.2. The van der Waals surface area contributed by atoms with Gasteiger partial charge in [0.05, 0.1) is 30.6 Å². The summed E-state index contributed by atoms with van der Waals surface area (Å²) in [7, 11) is 0. The highest BCUT2D eigenvalue weighted by molar-refractivity contribution is 7.18. The topological polar surface area (TPSA) is 89.3 Å². The van der Waals surface area contributed by atoms with Crippen molar-refractivity contribution in [2.45, 2.75) is 26.9 Å². The number of hydrogen-bond acceptors (Lipinski definition) is 8. The van der Waals surface area contributed by atoms with Crippen molar-refractivity contribution in [2.75, 3.05) is 31.6 Å². The summed E-state index contributed by atoms with van der Waals surface area (Å²) in [6.07, 6.45) is 1.44. The number of anilines is 1. The van der Waals surface area contributed by atoms with Crippen LogP contribution in [-0.4, -0.2) is 51.6 Å². The average Bonchev–Trinajstić information content (AvgIpc) is 3.23. The van der Waals surface area contributed by atoms with Crippen LogP contribution in [0.5, 0.6) is 0 Å². The van der Waals surface area contributed by atoms with Gasteiger partial charge in [0, 0.05) is 29.9 Å². The van der Waals surface area contributed by atoms with E-state index in [0.29, 0.717) is 15.3 Å². The van der Waals surface area contributed by atoms with Gasteiger partial charge in [-0.3, -0.25) is 19.1 Å². The van der Waals surface area contributed by atoms with Gasteiger partial charge in [0.2, 0.25) is 5.91 Å². The number of aryl methyl sites for hydroxylation is 2. The van der Waals surface area contributed by atoms with Crippen molar-refractivity contribution in [1.29, 1.82) is 0 Å². The van der Waals surface area contributed by atoms with Crippen molar-refractivity contribution in [3.8, 4) is 0 Å². The van der Waals surface area contributed by atoms with E-state index in [9.17, 15) is 9.59 Å². The van der Waals surface area contributed by atoms with Crippen LogP contribution in [-0.2, 0) is 22.6 Å². The van der Waals surface area contributed by atoms with Gasteiger partial charge in [0.15, 0.2) is 5.13 Å². The molecule has 0 spiro atoms. The van der Waals surface area contributed by atoms with E-state index in [1.807, 2.05) is 19.2 Å². The number of amides is 1. The molecule has 0 aromatic carbocycles. The molecule has 1 saturated heterocycles. The van der Waals surface area contributed by atoms with Crippen LogP contribution in [0, 0.1) is 13.8 Å². The summed E-state index contributed by atoms with van der Waals surface area (Å²) in [6.45, 7) is 7.79. The third kappa shape index (κ3) is 4.00. The number of thiophene rings is 1. The SMILES string of the molecule is Cc1sc2ncn(CC(=O)Nc3nc(CN4CCOCC4)cs3)c(=O)c2c1C. The lowest BCUT2D eigenvalue weighted by Gasteiger charge is -2.25. The van der Waals surface area contributed by atoms with Crippen LogP contribution in [0.15, 0.2) is 16.5 Å². The Balaban J connectivity index is 1.42. The molecule has 1 fully saturated rings. The van der Waals surface area contributed by atoms with Gasteiger partial charge < -0.3 is 10.1 Å². The summed E-state index contributed by atoms with van der Waals surface area (Å²) in [5.74, 6) is -0.292. The summed E-state index contributed by atoms with van der Waals surface area (Å²) < 4.78 is 6.69. The smallest absolute Gasteiger partial charge is 0.262 e. The Hall–Kier alpha value is -2.14. The molecule has 0 unspecified atom stereocenters. The van der Waals surface area contributed by atoms with E-state index in [2.05, 4.69) is 20.2 Å². The predicted molar refractivity (Wildman–Crippen MR) is 110 cm³/mol. The van der Waals surface area contributed by atoms with Gasteiger partial charge in [-0.15, -0.1) is 22.7 Å². The molecule has 4 rings (SSSR count). The van der Waals surface area contributed by atoms with E-state index in [-0.39, 0.29) is 18.0 Å². The molecule has 1 aliphatic rings. The van der Waals surface area contributed by atoms with Crippen molar-refractivity contribution in [3.05, 3.63) is 38.2 Å². The van der Waals surface area contributed by atoms with Gasteiger partial charge in [0.1, 0.15) is 11.4 Å². The fraction of sp³-hybridized carbons (Fsp3) is 0.444. The molecule has 8 nitrogen and oxygen atoms in total. The fourth-order valence-electron chi connectivity index (χ4n) is 3.12. The number of thiazole rings is 1. The van der Waals surface area contributed by atoms with E-state index in [0.717, 1.165) is 49.0 Å². The van der Waals surface area contributed by atoms with Crippen molar-refractivity contribution < 1.29 is 9.53 Å². The van der Waals surface area contributed by atoms with Crippen LogP contribution >= 0.6 is 22.7 Å². The number of carbonyl (C=O) groups excluding carboxylic acids is 1. The maximum absolute atomic E-state index is 12.7. The Labute approximate surface area is 169 Å². The van der Waals surface area contributed by atoms with E-state index in [1.54, 1.807) is 0 Å². The first-order valence-corrected chi connectivity index (χ1v) is 10.7. The van der Waals surface area contributed by atoms with E-state index < -0.39 is 0 Å². The number of ether oxygens (including phenoxy) is 1. The molecule has 10 heteroatoms. The number of carbonyl (C=O) groups is 1. The summed E-state index contributed by atoms with van der Waals surface area (Å²) in [5, 5.41) is 5.87. The largest absolute Gasteiger partial charge is 0.379 e. The maximum Gasteiger partial charge on any atom is 0.262 e. The third-order valence-corrected chi connectivity index (χ3v) is 6.68. The Bertz CT molecular complexity index is 1070. The molecule has 0 saturated carbocycles. The Kier molecular flexibility index (Phi) is 5.54. The van der Waals surface area contributed by atoms with Crippen LogP contribution < -0.4 is 10.9 Å². The lowest BCUT2D eigenvalue weighted by molar-refractivity contribution is -0.116. The normalized spacial score (nSPS) is 15.2. The first-order valence-electron chi connectivity index (χ1n) is 9.01. The van der Waals surface area contributed by atoms with Crippen molar-refractivity contribution in [1.82, 2.24) is 19.4 Å². The van der Waals surface area contributed by atoms with Crippen molar-refractivity contribution >= 4 is 43.9 Å². The lowest BCUT2D eigenvalue weighted by Crippen LogP contribution is -2.35. The van der Waals surface area contributed by atoms with Crippen LogP contribution in [0.1, 0.15) is 16.1 Å². The highest BCUT2D eigenvalue weighted by atomic mass is 32.1. The molecule has 0 radical (unpaired) electrons. The van der Waals surface area contributed by atoms with Gasteiger partial charge in [-0.1, -0.05) is 0 Å². The molecule has 3 aromatic rings. The summed E-state index contributed by atoms with van der Waals surface area (Å²) >= 11 is 2.88. The molecular formula is C18H21N5O3S2. The monoisotopic (exact) mass is 419 g/mol.